The number of fused-ring (bicyclic) bond motifs is 1. The van der Waals surface area contributed by atoms with Crippen molar-refractivity contribution in [1.29, 1.82) is 0 Å². The topological polar surface area (TPSA) is 67.2 Å². The Hall–Kier alpha value is -1.73. The fourth-order valence-electron chi connectivity index (χ4n) is 2.67. The standard InChI is InChI=1S/C15H17BrN4O2/c1-19(11-4-5-17-7-11)14(21)8-20-9-18-13-3-2-10(16)6-12(13)15(20)22/h2-3,6,9,11,17H,4-5,7-8H2,1H3/t11-/m1/s1. The maximum atomic E-state index is 12.5. The first-order chi connectivity index (χ1) is 10.6. The van der Waals surface area contributed by atoms with Gasteiger partial charge < -0.3 is 10.2 Å². The molecule has 0 unspecified atom stereocenters. The van der Waals surface area contributed by atoms with E-state index in [2.05, 4.69) is 26.2 Å². The van der Waals surface area contributed by atoms with Gasteiger partial charge in [0.25, 0.3) is 5.56 Å². The molecule has 1 aliphatic rings. The van der Waals surface area contributed by atoms with E-state index in [1.165, 1.54) is 10.9 Å². The Bertz CT molecular complexity index is 768. The molecule has 1 saturated heterocycles. The van der Waals surface area contributed by atoms with Gasteiger partial charge in [-0.15, -0.1) is 0 Å². The lowest BCUT2D eigenvalue weighted by Gasteiger charge is -2.24. The second-order valence-corrected chi connectivity index (χ2v) is 6.41. The largest absolute Gasteiger partial charge is 0.340 e. The molecule has 7 heteroatoms. The average Bonchev–Trinajstić information content (AvgIpc) is 3.04. The molecule has 1 N–H and O–H groups in total. The number of hydrogen-bond donors (Lipinski definition) is 1. The molecule has 1 atom stereocenters. The van der Waals surface area contributed by atoms with Crippen molar-refractivity contribution < 1.29 is 4.79 Å². The van der Waals surface area contributed by atoms with Crippen LogP contribution in [0.3, 0.4) is 0 Å². The van der Waals surface area contributed by atoms with Gasteiger partial charge in [0.15, 0.2) is 0 Å². The molecular weight excluding hydrogens is 348 g/mol. The third-order valence-electron chi connectivity index (χ3n) is 4.07. The monoisotopic (exact) mass is 364 g/mol. The van der Waals surface area contributed by atoms with E-state index in [0.29, 0.717) is 10.9 Å². The van der Waals surface area contributed by atoms with Gasteiger partial charge in [-0.2, -0.15) is 0 Å². The number of carbonyl (C=O) groups excluding carboxylic acids is 1. The highest BCUT2D eigenvalue weighted by atomic mass is 79.9. The molecule has 3 rings (SSSR count). The lowest BCUT2D eigenvalue weighted by atomic mass is 10.2. The van der Waals surface area contributed by atoms with Crippen molar-refractivity contribution in [2.24, 2.45) is 0 Å². The summed E-state index contributed by atoms with van der Waals surface area (Å²) in [6.07, 6.45) is 2.39. The number of nitrogens with zero attached hydrogens (tertiary/aromatic N) is 3. The lowest BCUT2D eigenvalue weighted by molar-refractivity contribution is -0.132. The lowest BCUT2D eigenvalue weighted by Crippen LogP contribution is -2.41. The number of benzene rings is 1. The molecule has 0 bridgehead atoms. The minimum atomic E-state index is -0.197. The number of nitrogens with one attached hydrogen (secondary N) is 1. The minimum absolute atomic E-state index is 0.0152. The van der Waals surface area contributed by atoms with Crippen LogP contribution in [0.1, 0.15) is 6.42 Å². The summed E-state index contributed by atoms with van der Waals surface area (Å²) < 4.78 is 2.19. The Balaban J connectivity index is 1.85. The van der Waals surface area contributed by atoms with Crippen molar-refractivity contribution in [1.82, 2.24) is 19.8 Å². The Labute approximate surface area is 136 Å². The van der Waals surface area contributed by atoms with Crippen molar-refractivity contribution in [3.05, 3.63) is 39.4 Å². The van der Waals surface area contributed by atoms with Crippen LogP contribution in [0, 0.1) is 0 Å². The zero-order chi connectivity index (χ0) is 15.7. The van der Waals surface area contributed by atoms with Gasteiger partial charge in [0, 0.05) is 24.1 Å². The van der Waals surface area contributed by atoms with Crippen LogP contribution < -0.4 is 10.9 Å². The molecule has 0 aliphatic carbocycles. The molecule has 1 aliphatic heterocycles. The molecule has 2 aromatic rings. The molecular formula is C15H17BrN4O2. The van der Waals surface area contributed by atoms with Crippen LogP contribution in [0.15, 0.2) is 33.8 Å². The summed E-state index contributed by atoms with van der Waals surface area (Å²) in [4.78, 5) is 30.8. The first-order valence-corrected chi connectivity index (χ1v) is 7.96. The van der Waals surface area contributed by atoms with Gasteiger partial charge in [-0.3, -0.25) is 14.2 Å². The Kier molecular flexibility index (Phi) is 4.26. The normalized spacial score (nSPS) is 17.8. The van der Waals surface area contributed by atoms with Crippen LogP contribution in [0.25, 0.3) is 10.9 Å². The van der Waals surface area contributed by atoms with Gasteiger partial charge in [0.05, 0.1) is 17.2 Å². The second-order valence-electron chi connectivity index (χ2n) is 5.49. The van der Waals surface area contributed by atoms with E-state index in [1.807, 2.05) is 6.07 Å². The molecule has 116 valence electrons. The molecule has 1 fully saturated rings. The Morgan fingerprint density at radius 1 is 1.55 bits per heavy atom. The number of likely N-dealkylation sites (N-methyl/N-ethyl adjacent to an activating group) is 1. The summed E-state index contributed by atoms with van der Waals surface area (Å²) in [6.45, 7) is 1.75. The number of amides is 1. The fraction of sp³-hybridized carbons (Fsp3) is 0.400. The first-order valence-electron chi connectivity index (χ1n) is 7.17. The van der Waals surface area contributed by atoms with Crippen molar-refractivity contribution in [3.63, 3.8) is 0 Å². The molecule has 2 heterocycles. The molecule has 6 nitrogen and oxygen atoms in total. The molecule has 0 saturated carbocycles. The quantitative estimate of drug-likeness (QED) is 0.881. The number of rotatable bonds is 3. The van der Waals surface area contributed by atoms with E-state index in [4.69, 9.17) is 0 Å². The van der Waals surface area contributed by atoms with Crippen molar-refractivity contribution in [2.45, 2.75) is 19.0 Å². The highest BCUT2D eigenvalue weighted by Gasteiger charge is 2.23. The van der Waals surface area contributed by atoms with Crippen LogP contribution in [-0.2, 0) is 11.3 Å². The number of aromatic nitrogens is 2. The van der Waals surface area contributed by atoms with E-state index >= 15 is 0 Å². The van der Waals surface area contributed by atoms with E-state index in [9.17, 15) is 9.59 Å². The second kappa shape index (κ2) is 6.18. The Morgan fingerprint density at radius 2 is 2.36 bits per heavy atom. The maximum Gasteiger partial charge on any atom is 0.261 e. The zero-order valence-electron chi connectivity index (χ0n) is 12.3. The van der Waals surface area contributed by atoms with Gasteiger partial charge in [-0.25, -0.2) is 4.98 Å². The summed E-state index contributed by atoms with van der Waals surface area (Å²) in [7, 11) is 1.79. The van der Waals surface area contributed by atoms with Crippen LogP contribution in [-0.4, -0.2) is 46.5 Å². The van der Waals surface area contributed by atoms with E-state index < -0.39 is 0 Å². The molecule has 22 heavy (non-hydrogen) atoms. The minimum Gasteiger partial charge on any atom is -0.340 e. The third-order valence-corrected chi connectivity index (χ3v) is 4.56. The number of carbonyl (C=O) groups is 1. The van der Waals surface area contributed by atoms with Crippen LogP contribution in [0.2, 0.25) is 0 Å². The summed E-state index contributed by atoms with van der Waals surface area (Å²) >= 11 is 3.35. The Morgan fingerprint density at radius 3 is 3.09 bits per heavy atom. The predicted octanol–water partition coefficient (Wildman–Crippen LogP) is 0.979. The van der Waals surface area contributed by atoms with Crippen LogP contribution >= 0.6 is 15.9 Å². The van der Waals surface area contributed by atoms with E-state index in [-0.39, 0.29) is 24.1 Å². The smallest absolute Gasteiger partial charge is 0.261 e. The van der Waals surface area contributed by atoms with Gasteiger partial charge >= 0.3 is 0 Å². The van der Waals surface area contributed by atoms with Gasteiger partial charge in [0.2, 0.25) is 5.91 Å². The van der Waals surface area contributed by atoms with Crippen molar-refractivity contribution in [3.8, 4) is 0 Å². The summed E-state index contributed by atoms with van der Waals surface area (Å²) in [5.74, 6) is -0.0769. The maximum absolute atomic E-state index is 12.5. The SMILES string of the molecule is CN(C(=O)Cn1cnc2ccc(Br)cc2c1=O)[C@@H]1CCNC1. The molecule has 1 aromatic heterocycles. The first kappa shape index (κ1) is 15.2. The summed E-state index contributed by atoms with van der Waals surface area (Å²) in [5, 5.41) is 3.74. The van der Waals surface area contributed by atoms with E-state index in [1.54, 1.807) is 24.1 Å². The van der Waals surface area contributed by atoms with Crippen molar-refractivity contribution in [2.75, 3.05) is 20.1 Å². The van der Waals surface area contributed by atoms with E-state index in [0.717, 1.165) is 24.0 Å². The summed E-state index contributed by atoms with van der Waals surface area (Å²) in [5.41, 5.74) is 0.433. The van der Waals surface area contributed by atoms with Gasteiger partial charge in [-0.05, 0) is 31.2 Å². The number of halogens is 1. The highest BCUT2D eigenvalue weighted by Crippen LogP contribution is 2.15. The fourth-order valence-corrected chi connectivity index (χ4v) is 3.04. The summed E-state index contributed by atoms with van der Waals surface area (Å²) in [6, 6.07) is 5.55. The van der Waals surface area contributed by atoms with Crippen LogP contribution in [0.5, 0.6) is 0 Å². The van der Waals surface area contributed by atoms with Gasteiger partial charge in [0.1, 0.15) is 6.54 Å². The van der Waals surface area contributed by atoms with Gasteiger partial charge in [-0.1, -0.05) is 15.9 Å². The van der Waals surface area contributed by atoms with Crippen molar-refractivity contribution >= 4 is 32.7 Å². The molecule has 1 amide bonds. The average molecular weight is 365 g/mol. The number of hydrogen-bond acceptors (Lipinski definition) is 4. The zero-order valence-corrected chi connectivity index (χ0v) is 13.8. The predicted molar refractivity (Wildman–Crippen MR) is 87.7 cm³/mol. The molecule has 1 aromatic carbocycles. The highest BCUT2D eigenvalue weighted by molar-refractivity contribution is 9.10. The molecule has 0 radical (unpaired) electrons. The third kappa shape index (κ3) is 2.91. The molecule has 0 spiro atoms. The van der Waals surface area contributed by atoms with Crippen LogP contribution in [0.4, 0.5) is 0 Å².